The van der Waals surface area contributed by atoms with Crippen molar-refractivity contribution in [1.82, 2.24) is 0 Å². The van der Waals surface area contributed by atoms with Crippen LogP contribution in [0.3, 0.4) is 0 Å². The maximum Gasteiger partial charge on any atom is 0.227 e. The summed E-state index contributed by atoms with van der Waals surface area (Å²) in [4.78, 5) is 11.7. The van der Waals surface area contributed by atoms with Gasteiger partial charge in [0.25, 0.3) is 0 Å². The molecular weight excluding hydrogens is 288 g/mol. The van der Waals surface area contributed by atoms with E-state index in [2.05, 4.69) is 12.2 Å². The Bertz CT molecular complexity index is 642. The topological polar surface area (TPSA) is 38.3 Å². The lowest BCUT2D eigenvalue weighted by Crippen LogP contribution is -2.16. The minimum atomic E-state index is -0.675. The predicted molar refractivity (Wildman–Crippen MR) is 80.9 cm³/mol. The Morgan fingerprint density at radius 1 is 1.14 bits per heavy atom. The van der Waals surface area contributed by atoms with E-state index in [1.54, 1.807) is 0 Å². The lowest BCUT2D eigenvalue weighted by atomic mass is 10.2. The second-order valence-corrected chi connectivity index (χ2v) is 4.77. The normalized spacial score (nSPS) is 10.3. The van der Waals surface area contributed by atoms with Crippen LogP contribution in [0.15, 0.2) is 42.5 Å². The maximum absolute atomic E-state index is 13.4. The molecule has 0 spiro atoms. The van der Waals surface area contributed by atoms with E-state index in [1.807, 2.05) is 24.3 Å². The number of ether oxygens (including phenoxy) is 1. The molecule has 0 aliphatic heterocycles. The van der Waals surface area contributed by atoms with Crippen LogP contribution in [-0.2, 0) is 11.2 Å². The van der Waals surface area contributed by atoms with E-state index in [-0.39, 0.29) is 18.7 Å². The quantitative estimate of drug-likeness (QED) is 0.878. The van der Waals surface area contributed by atoms with Crippen LogP contribution in [0.5, 0.6) is 5.75 Å². The molecule has 0 bridgehead atoms. The summed E-state index contributed by atoms with van der Waals surface area (Å²) in [5, 5.41) is 2.32. The minimum absolute atomic E-state index is 0.0471. The smallest absolute Gasteiger partial charge is 0.227 e. The second kappa shape index (κ2) is 7.54. The summed E-state index contributed by atoms with van der Waals surface area (Å²) >= 11 is 0. The first-order valence-corrected chi connectivity index (χ1v) is 7.05. The number of carbonyl (C=O) groups is 1. The number of benzene rings is 2. The molecule has 0 radical (unpaired) electrons. The summed E-state index contributed by atoms with van der Waals surface area (Å²) in [6.45, 7) is 2.22. The van der Waals surface area contributed by atoms with Gasteiger partial charge in [0.2, 0.25) is 5.91 Å². The highest BCUT2D eigenvalue weighted by Crippen LogP contribution is 2.16. The summed E-state index contributed by atoms with van der Waals surface area (Å²) < 4.78 is 31.8. The Morgan fingerprint density at radius 2 is 1.86 bits per heavy atom. The monoisotopic (exact) mass is 305 g/mol. The van der Waals surface area contributed by atoms with Gasteiger partial charge in [-0.1, -0.05) is 19.1 Å². The third-order valence-electron chi connectivity index (χ3n) is 3.13. The highest BCUT2D eigenvalue weighted by Gasteiger charge is 2.08. The van der Waals surface area contributed by atoms with Crippen molar-refractivity contribution >= 4 is 11.6 Å². The van der Waals surface area contributed by atoms with Crippen molar-refractivity contribution in [3.8, 4) is 5.75 Å². The molecule has 0 heterocycles. The molecule has 0 atom stereocenters. The van der Waals surface area contributed by atoms with E-state index < -0.39 is 17.5 Å². The van der Waals surface area contributed by atoms with Gasteiger partial charge in [-0.05, 0) is 36.2 Å². The molecule has 116 valence electrons. The van der Waals surface area contributed by atoms with Crippen molar-refractivity contribution < 1.29 is 18.3 Å². The molecule has 2 rings (SSSR count). The van der Waals surface area contributed by atoms with Crippen molar-refractivity contribution in [3.63, 3.8) is 0 Å². The lowest BCUT2D eigenvalue weighted by Gasteiger charge is -2.08. The van der Waals surface area contributed by atoms with E-state index in [1.165, 1.54) is 5.56 Å². The average Bonchev–Trinajstić information content (AvgIpc) is 2.51. The van der Waals surface area contributed by atoms with Crippen LogP contribution in [-0.4, -0.2) is 12.5 Å². The van der Waals surface area contributed by atoms with Crippen molar-refractivity contribution in [3.05, 3.63) is 59.7 Å². The zero-order chi connectivity index (χ0) is 15.9. The molecule has 0 saturated carbocycles. The SMILES string of the molecule is CCc1ccc(OCCC(=O)Nc2cc(F)ccc2F)cc1. The van der Waals surface area contributed by atoms with Gasteiger partial charge < -0.3 is 10.1 Å². The van der Waals surface area contributed by atoms with Crippen LogP contribution >= 0.6 is 0 Å². The second-order valence-electron chi connectivity index (χ2n) is 4.77. The van der Waals surface area contributed by atoms with Crippen LogP contribution in [0.4, 0.5) is 14.5 Å². The highest BCUT2D eigenvalue weighted by molar-refractivity contribution is 5.90. The van der Waals surface area contributed by atoms with Crippen LogP contribution in [0.2, 0.25) is 0 Å². The maximum atomic E-state index is 13.4. The Labute approximate surface area is 127 Å². The molecule has 5 heteroatoms. The molecule has 22 heavy (non-hydrogen) atoms. The number of hydrogen-bond acceptors (Lipinski definition) is 2. The van der Waals surface area contributed by atoms with Gasteiger partial charge in [0.05, 0.1) is 18.7 Å². The molecular formula is C17H17F2NO2. The minimum Gasteiger partial charge on any atom is -0.493 e. The van der Waals surface area contributed by atoms with Gasteiger partial charge in [-0.3, -0.25) is 4.79 Å². The van der Waals surface area contributed by atoms with E-state index in [4.69, 9.17) is 4.74 Å². The lowest BCUT2D eigenvalue weighted by molar-refractivity contribution is -0.116. The number of hydrogen-bond donors (Lipinski definition) is 1. The third-order valence-corrected chi connectivity index (χ3v) is 3.13. The molecule has 2 aromatic carbocycles. The molecule has 0 unspecified atom stereocenters. The number of halogens is 2. The number of nitrogens with one attached hydrogen (secondary N) is 1. The molecule has 1 amide bonds. The van der Waals surface area contributed by atoms with Crippen LogP contribution < -0.4 is 10.1 Å². The molecule has 0 aliphatic carbocycles. The number of anilines is 1. The fraction of sp³-hybridized carbons (Fsp3) is 0.235. The fourth-order valence-corrected chi connectivity index (χ4v) is 1.89. The van der Waals surface area contributed by atoms with E-state index in [9.17, 15) is 13.6 Å². The van der Waals surface area contributed by atoms with Gasteiger partial charge in [-0.2, -0.15) is 0 Å². The first-order valence-electron chi connectivity index (χ1n) is 7.05. The van der Waals surface area contributed by atoms with Crippen molar-refractivity contribution in [2.75, 3.05) is 11.9 Å². The zero-order valence-corrected chi connectivity index (χ0v) is 12.2. The van der Waals surface area contributed by atoms with Crippen LogP contribution in [0.1, 0.15) is 18.9 Å². The van der Waals surface area contributed by atoms with Crippen molar-refractivity contribution in [2.24, 2.45) is 0 Å². The summed E-state index contributed by atoms with van der Waals surface area (Å²) in [5.74, 6) is -1.05. The Kier molecular flexibility index (Phi) is 5.47. The molecule has 3 nitrogen and oxygen atoms in total. The van der Waals surface area contributed by atoms with Gasteiger partial charge in [0.15, 0.2) is 0 Å². The number of aryl methyl sites for hydroxylation is 1. The zero-order valence-electron chi connectivity index (χ0n) is 12.2. The highest BCUT2D eigenvalue weighted by atomic mass is 19.1. The molecule has 2 aromatic rings. The van der Waals surface area contributed by atoms with Gasteiger partial charge >= 0.3 is 0 Å². The van der Waals surface area contributed by atoms with Crippen molar-refractivity contribution in [1.29, 1.82) is 0 Å². The van der Waals surface area contributed by atoms with Crippen molar-refractivity contribution in [2.45, 2.75) is 19.8 Å². The first-order chi connectivity index (χ1) is 10.6. The summed E-state index contributed by atoms with van der Waals surface area (Å²) in [6.07, 6.45) is 0.993. The Balaban J connectivity index is 1.81. The number of amides is 1. The molecule has 1 N–H and O–H groups in total. The number of rotatable bonds is 6. The Morgan fingerprint density at radius 3 is 2.55 bits per heavy atom. The predicted octanol–water partition coefficient (Wildman–Crippen LogP) is 3.93. The molecule has 0 fully saturated rings. The van der Waals surface area contributed by atoms with E-state index in [0.717, 1.165) is 24.6 Å². The van der Waals surface area contributed by atoms with Crippen LogP contribution in [0, 0.1) is 11.6 Å². The fourth-order valence-electron chi connectivity index (χ4n) is 1.89. The van der Waals surface area contributed by atoms with Gasteiger partial charge in [0.1, 0.15) is 17.4 Å². The summed E-state index contributed by atoms with van der Waals surface area (Å²) in [5.41, 5.74) is 1.03. The van der Waals surface area contributed by atoms with E-state index >= 15 is 0 Å². The first kappa shape index (κ1) is 15.9. The molecule has 0 aliphatic rings. The number of carbonyl (C=O) groups excluding carboxylic acids is 1. The van der Waals surface area contributed by atoms with E-state index in [0.29, 0.717) is 5.75 Å². The third kappa shape index (κ3) is 4.55. The standard InChI is InChI=1S/C17H17F2NO2/c1-2-12-3-6-14(7-4-12)22-10-9-17(21)20-16-11-13(18)5-8-15(16)19/h3-8,11H,2,9-10H2,1H3,(H,20,21). The summed E-state index contributed by atoms with van der Waals surface area (Å²) in [6, 6.07) is 10.5. The molecule has 0 aromatic heterocycles. The van der Waals surface area contributed by atoms with Gasteiger partial charge in [0, 0.05) is 6.07 Å². The average molecular weight is 305 g/mol. The Hall–Kier alpha value is -2.43. The molecule has 0 saturated heterocycles. The van der Waals surface area contributed by atoms with Gasteiger partial charge in [-0.25, -0.2) is 8.78 Å². The summed E-state index contributed by atoms with van der Waals surface area (Å²) in [7, 11) is 0. The largest absolute Gasteiger partial charge is 0.493 e. The van der Waals surface area contributed by atoms with Crippen LogP contribution in [0.25, 0.3) is 0 Å². The van der Waals surface area contributed by atoms with Gasteiger partial charge in [-0.15, -0.1) is 0 Å².